The zero-order chi connectivity index (χ0) is 25.5. The van der Waals surface area contributed by atoms with Crippen LogP contribution in [0.2, 0.25) is 0 Å². The lowest BCUT2D eigenvalue weighted by Gasteiger charge is -2.13. The SMILES string of the molecule is CCCCCCCOc1ccc(C(=O)Oc2ccc(C(=O)C(C)OC(=O)CCCCC)cc2)cc1. The second kappa shape index (κ2) is 15.7. The average molecular weight is 483 g/mol. The van der Waals surface area contributed by atoms with Gasteiger partial charge in [-0.1, -0.05) is 52.4 Å². The molecule has 0 aliphatic rings. The summed E-state index contributed by atoms with van der Waals surface area (Å²) in [5.74, 6) is -0.117. The van der Waals surface area contributed by atoms with Crippen molar-refractivity contribution in [3.8, 4) is 11.5 Å². The van der Waals surface area contributed by atoms with E-state index in [0.717, 1.165) is 37.9 Å². The summed E-state index contributed by atoms with van der Waals surface area (Å²) >= 11 is 0. The summed E-state index contributed by atoms with van der Waals surface area (Å²) in [6.07, 6.45) is 8.04. The summed E-state index contributed by atoms with van der Waals surface area (Å²) in [6, 6.07) is 13.1. The van der Waals surface area contributed by atoms with E-state index >= 15 is 0 Å². The number of ketones is 1. The topological polar surface area (TPSA) is 78.9 Å². The van der Waals surface area contributed by atoms with Gasteiger partial charge in [0.1, 0.15) is 11.5 Å². The van der Waals surface area contributed by atoms with Gasteiger partial charge < -0.3 is 14.2 Å². The Hall–Kier alpha value is -3.15. The maximum absolute atomic E-state index is 12.5. The summed E-state index contributed by atoms with van der Waals surface area (Å²) in [5.41, 5.74) is 0.791. The van der Waals surface area contributed by atoms with Gasteiger partial charge in [-0.3, -0.25) is 9.59 Å². The van der Waals surface area contributed by atoms with Crippen molar-refractivity contribution in [1.82, 2.24) is 0 Å². The molecule has 0 aromatic heterocycles. The van der Waals surface area contributed by atoms with E-state index in [-0.39, 0.29) is 11.8 Å². The van der Waals surface area contributed by atoms with Crippen molar-refractivity contribution >= 4 is 17.7 Å². The van der Waals surface area contributed by atoms with Crippen molar-refractivity contribution in [2.75, 3.05) is 6.61 Å². The summed E-state index contributed by atoms with van der Waals surface area (Å²) in [5, 5.41) is 0. The predicted molar refractivity (Wildman–Crippen MR) is 136 cm³/mol. The van der Waals surface area contributed by atoms with Gasteiger partial charge in [0.05, 0.1) is 12.2 Å². The van der Waals surface area contributed by atoms with Gasteiger partial charge in [0.15, 0.2) is 6.10 Å². The molecular formula is C29H38O6. The molecule has 6 heteroatoms. The number of unbranched alkanes of at least 4 members (excludes halogenated alkanes) is 6. The van der Waals surface area contributed by atoms with Gasteiger partial charge >= 0.3 is 11.9 Å². The molecule has 0 saturated heterocycles. The highest BCUT2D eigenvalue weighted by atomic mass is 16.5. The molecule has 6 nitrogen and oxygen atoms in total. The third-order valence-electron chi connectivity index (χ3n) is 5.62. The quantitative estimate of drug-likeness (QED) is 0.111. The second-order valence-corrected chi connectivity index (χ2v) is 8.65. The number of benzene rings is 2. The van der Waals surface area contributed by atoms with Gasteiger partial charge in [0.25, 0.3) is 0 Å². The Morgan fingerprint density at radius 3 is 1.94 bits per heavy atom. The summed E-state index contributed by atoms with van der Waals surface area (Å²) < 4.78 is 16.4. The van der Waals surface area contributed by atoms with Crippen LogP contribution < -0.4 is 9.47 Å². The van der Waals surface area contributed by atoms with Crippen LogP contribution in [0.15, 0.2) is 48.5 Å². The Morgan fingerprint density at radius 1 is 0.714 bits per heavy atom. The number of ether oxygens (including phenoxy) is 3. The number of rotatable bonds is 16. The third-order valence-corrected chi connectivity index (χ3v) is 5.62. The molecule has 0 heterocycles. The Kier molecular flexibility index (Phi) is 12.6. The molecule has 0 amide bonds. The Morgan fingerprint density at radius 2 is 1.29 bits per heavy atom. The van der Waals surface area contributed by atoms with Crippen LogP contribution in [0, 0.1) is 0 Å². The third kappa shape index (κ3) is 10.3. The van der Waals surface area contributed by atoms with Crippen molar-refractivity contribution in [2.45, 2.75) is 84.7 Å². The molecule has 0 saturated carbocycles. The van der Waals surface area contributed by atoms with Crippen molar-refractivity contribution < 1.29 is 28.6 Å². The highest BCUT2D eigenvalue weighted by molar-refractivity contribution is 6.00. The summed E-state index contributed by atoms with van der Waals surface area (Å²) in [4.78, 5) is 36.9. The largest absolute Gasteiger partial charge is 0.494 e. The Bertz CT molecular complexity index is 917. The average Bonchev–Trinajstić information content (AvgIpc) is 2.86. The fourth-order valence-electron chi connectivity index (χ4n) is 3.50. The number of hydrogen-bond donors (Lipinski definition) is 0. The summed E-state index contributed by atoms with van der Waals surface area (Å²) in [6.45, 7) is 6.47. The van der Waals surface area contributed by atoms with Gasteiger partial charge in [-0.2, -0.15) is 0 Å². The lowest BCUT2D eigenvalue weighted by Crippen LogP contribution is -2.24. The fraction of sp³-hybridized carbons (Fsp3) is 0.483. The first kappa shape index (κ1) is 28.1. The van der Waals surface area contributed by atoms with Gasteiger partial charge in [0.2, 0.25) is 5.78 Å². The van der Waals surface area contributed by atoms with Crippen LogP contribution in [0.25, 0.3) is 0 Å². The Labute approximate surface area is 209 Å². The molecule has 1 unspecified atom stereocenters. The molecule has 0 aliphatic heterocycles. The number of carbonyl (C=O) groups is 3. The molecule has 0 N–H and O–H groups in total. The van der Waals surface area contributed by atoms with Crippen LogP contribution in [0.1, 0.15) is 99.3 Å². The first-order valence-electron chi connectivity index (χ1n) is 12.7. The highest BCUT2D eigenvalue weighted by Gasteiger charge is 2.19. The molecule has 0 radical (unpaired) electrons. The lowest BCUT2D eigenvalue weighted by atomic mass is 10.1. The van der Waals surface area contributed by atoms with E-state index in [1.165, 1.54) is 19.3 Å². The molecule has 0 spiro atoms. The van der Waals surface area contributed by atoms with Gasteiger partial charge in [-0.25, -0.2) is 4.79 Å². The minimum atomic E-state index is -0.866. The molecule has 2 aromatic carbocycles. The number of carbonyl (C=O) groups excluding carboxylic acids is 3. The van der Waals surface area contributed by atoms with Gasteiger partial charge in [-0.15, -0.1) is 0 Å². The van der Waals surface area contributed by atoms with E-state index in [4.69, 9.17) is 14.2 Å². The van der Waals surface area contributed by atoms with Crippen LogP contribution in [0.5, 0.6) is 11.5 Å². The van der Waals surface area contributed by atoms with Crippen LogP contribution in [0.3, 0.4) is 0 Å². The molecular weight excluding hydrogens is 444 g/mol. The maximum Gasteiger partial charge on any atom is 0.343 e. The van der Waals surface area contributed by atoms with Crippen LogP contribution in [-0.2, 0) is 9.53 Å². The van der Waals surface area contributed by atoms with Crippen molar-refractivity contribution in [3.05, 3.63) is 59.7 Å². The fourth-order valence-corrected chi connectivity index (χ4v) is 3.50. The monoisotopic (exact) mass is 482 g/mol. The normalized spacial score (nSPS) is 11.5. The second-order valence-electron chi connectivity index (χ2n) is 8.65. The lowest BCUT2D eigenvalue weighted by molar-refractivity contribution is -0.146. The Balaban J connectivity index is 1.81. The van der Waals surface area contributed by atoms with Crippen LogP contribution in [0.4, 0.5) is 0 Å². The first-order valence-corrected chi connectivity index (χ1v) is 12.7. The molecule has 1 atom stereocenters. The van der Waals surface area contributed by atoms with E-state index in [2.05, 4.69) is 13.8 Å². The molecule has 2 rings (SSSR count). The number of Topliss-reactive ketones (excluding diaryl/α,β-unsaturated/α-hetero) is 1. The molecule has 2 aromatic rings. The van der Waals surface area contributed by atoms with E-state index in [9.17, 15) is 14.4 Å². The van der Waals surface area contributed by atoms with Gasteiger partial charge in [0, 0.05) is 12.0 Å². The van der Waals surface area contributed by atoms with Gasteiger partial charge in [-0.05, 0) is 68.3 Å². The minimum Gasteiger partial charge on any atom is -0.494 e. The zero-order valence-electron chi connectivity index (χ0n) is 21.2. The van der Waals surface area contributed by atoms with Crippen molar-refractivity contribution in [1.29, 1.82) is 0 Å². The van der Waals surface area contributed by atoms with E-state index < -0.39 is 12.1 Å². The highest BCUT2D eigenvalue weighted by Crippen LogP contribution is 2.18. The van der Waals surface area contributed by atoms with Crippen molar-refractivity contribution in [3.63, 3.8) is 0 Å². The van der Waals surface area contributed by atoms with E-state index in [1.54, 1.807) is 55.5 Å². The standard InChI is InChI=1S/C29H38O6/c1-4-6-8-9-11-21-33-25-17-15-24(16-18-25)29(32)35-26-19-13-23(14-20-26)28(31)22(3)34-27(30)12-10-7-5-2/h13-20,22H,4-12,21H2,1-3H3. The molecule has 0 bridgehead atoms. The van der Waals surface area contributed by atoms with E-state index in [1.807, 2.05) is 0 Å². The summed E-state index contributed by atoms with van der Waals surface area (Å²) in [7, 11) is 0. The van der Waals surface area contributed by atoms with Crippen LogP contribution in [-0.4, -0.2) is 30.4 Å². The molecule has 35 heavy (non-hydrogen) atoms. The first-order chi connectivity index (χ1) is 16.9. The molecule has 0 aliphatic carbocycles. The number of hydrogen-bond acceptors (Lipinski definition) is 6. The van der Waals surface area contributed by atoms with E-state index in [0.29, 0.717) is 29.9 Å². The van der Waals surface area contributed by atoms with Crippen LogP contribution >= 0.6 is 0 Å². The molecule has 190 valence electrons. The molecule has 0 fully saturated rings. The minimum absolute atomic E-state index is 0.298. The maximum atomic E-state index is 12.5. The zero-order valence-corrected chi connectivity index (χ0v) is 21.2. The van der Waals surface area contributed by atoms with Crippen molar-refractivity contribution in [2.24, 2.45) is 0 Å². The smallest absolute Gasteiger partial charge is 0.343 e. The predicted octanol–water partition coefficient (Wildman–Crippen LogP) is 6.95. The number of esters is 2.